The third kappa shape index (κ3) is 6.09. The fraction of sp³-hybridized carbons (Fsp3) is 0.778. The molecule has 8 heteroatoms. The van der Waals surface area contributed by atoms with Gasteiger partial charge >= 0.3 is 0 Å². The van der Waals surface area contributed by atoms with Crippen molar-refractivity contribution >= 4 is 29.9 Å². The smallest absolute Gasteiger partial charge is 0.194 e. The first-order chi connectivity index (χ1) is 12.3. The first-order valence-electron chi connectivity index (χ1n) is 9.41. The van der Waals surface area contributed by atoms with Crippen molar-refractivity contribution in [2.24, 2.45) is 4.99 Å². The van der Waals surface area contributed by atoms with E-state index in [1.807, 2.05) is 13.1 Å². The van der Waals surface area contributed by atoms with Crippen molar-refractivity contribution in [1.82, 2.24) is 15.4 Å². The molecule has 2 saturated heterocycles. The predicted molar refractivity (Wildman–Crippen MR) is 111 cm³/mol. The van der Waals surface area contributed by atoms with Crippen molar-refractivity contribution in [3.63, 3.8) is 0 Å². The van der Waals surface area contributed by atoms with Crippen LogP contribution < -0.4 is 5.32 Å². The quantitative estimate of drug-likeness (QED) is 0.385. The van der Waals surface area contributed by atoms with Crippen LogP contribution in [-0.4, -0.2) is 61.6 Å². The third-order valence-electron chi connectivity index (χ3n) is 4.89. The summed E-state index contributed by atoms with van der Waals surface area (Å²) in [5.74, 6) is 1.75. The highest BCUT2D eigenvalue weighted by molar-refractivity contribution is 14.0. The highest BCUT2D eigenvalue weighted by Crippen LogP contribution is 2.18. The summed E-state index contributed by atoms with van der Waals surface area (Å²) >= 11 is 0. The van der Waals surface area contributed by atoms with Gasteiger partial charge in [-0.25, -0.2) is 0 Å². The number of halogens is 1. The molecule has 0 saturated carbocycles. The SMILES string of the molecule is CCc1cc(CNC(=NC)N2CCC(OCC3CCCO3)CC2)on1.I. The lowest BCUT2D eigenvalue weighted by atomic mass is 10.1. The topological polar surface area (TPSA) is 72.1 Å². The molecular weight excluding hydrogens is 447 g/mol. The average Bonchev–Trinajstić information content (AvgIpc) is 3.33. The van der Waals surface area contributed by atoms with Gasteiger partial charge in [-0.3, -0.25) is 4.99 Å². The third-order valence-corrected chi connectivity index (χ3v) is 4.89. The lowest BCUT2D eigenvalue weighted by Gasteiger charge is -2.34. The van der Waals surface area contributed by atoms with Crippen molar-refractivity contribution in [2.45, 2.75) is 57.8 Å². The molecule has 0 radical (unpaired) electrons. The second-order valence-corrected chi connectivity index (χ2v) is 6.69. The minimum absolute atomic E-state index is 0. The molecule has 2 aliphatic heterocycles. The average molecular weight is 478 g/mol. The normalized spacial score (nSPS) is 21.7. The van der Waals surface area contributed by atoms with E-state index in [1.54, 1.807) is 0 Å². The van der Waals surface area contributed by atoms with E-state index in [2.05, 4.69) is 27.3 Å². The maximum atomic E-state index is 6.04. The molecule has 1 atom stereocenters. The molecule has 7 nitrogen and oxygen atoms in total. The molecule has 0 aliphatic carbocycles. The number of nitrogens with one attached hydrogen (secondary N) is 1. The van der Waals surface area contributed by atoms with Crippen LogP contribution >= 0.6 is 24.0 Å². The Morgan fingerprint density at radius 2 is 2.19 bits per heavy atom. The Hall–Kier alpha value is -0.870. The van der Waals surface area contributed by atoms with Crippen molar-refractivity contribution in [1.29, 1.82) is 0 Å². The zero-order valence-electron chi connectivity index (χ0n) is 15.8. The number of aliphatic imine (C=N–C) groups is 1. The summed E-state index contributed by atoms with van der Waals surface area (Å²) in [5, 5.41) is 7.38. The van der Waals surface area contributed by atoms with Gasteiger partial charge < -0.3 is 24.2 Å². The van der Waals surface area contributed by atoms with E-state index in [-0.39, 0.29) is 24.0 Å². The van der Waals surface area contributed by atoms with Crippen LogP contribution in [0.25, 0.3) is 0 Å². The van der Waals surface area contributed by atoms with Gasteiger partial charge in [0.15, 0.2) is 11.7 Å². The van der Waals surface area contributed by atoms with Crippen LogP contribution in [-0.2, 0) is 22.4 Å². The lowest BCUT2D eigenvalue weighted by molar-refractivity contribution is -0.0367. The van der Waals surface area contributed by atoms with E-state index in [4.69, 9.17) is 14.0 Å². The van der Waals surface area contributed by atoms with Crippen molar-refractivity contribution in [3.8, 4) is 0 Å². The van der Waals surface area contributed by atoms with Crippen LogP contribution in [0.15, 0.2) is 15.6 Å². The van der Waals surface area contributed by atoms with Crippen molar-refractivity contribution in [2.75, 3.05) is 33.4 Å². The van der Waals surface area contributed by atoms with Crippen LogP contribution in [0.3, 0.4) is 0 Å². The van der Waals surface area contributed by atoms with Crippen LogP contribution in [0.2, 0.25) is 0 Å². The van der Waals surface area contributed by atoms with Gasteiger partial charge in [0.2, 0.25) is 0 Å². The van der Waals surface area contributed by atoms with Crippen molar-refractivity contribution < 1.29 is 14.0 Å². The zero-order chi connectivity index (χ0) is 17.5. The molecule has 0 amide bonds. The van der Waals surface area contributed by atoms with Gasteiger partial charge in [-0.2, -0.15) is 0 Å². The van der Waals surface area contributed by atoms with Crippen LogP contribution in [0.5, 0.6) is 0 Å². The van der Waals surface area contributed by atoms with E-state index in [0.717, 1.165) is 69.4 Å². The van der Waals surface area contributed by atoms with E-state index in [1.165, 1.54) is 6.42 Å². The summed E-state index contributed by atoms with van der Waals surface area (Å²) < 4.78 is 17.0. The van der Waals surface area contributed by atoms with Crippen LogP contribution in [0, 0.1) is 0 Å². The highest BCUT2D eigenvalue weighted by Gasteiger charge is 2.24. The number of rotatable bonds is 6. The molecule has 3 rings (SSSR count). The molecule has 0 aromatic carbocycles. The molecule has 2 aliphatic rings. The summed E-state index contributed by atoms with van der Waals surface area (Å²) in [7, 11) is 1.82. The molecule has 1 aromatic rings. The Balaban J connectivity index is 0.00000243. The summed E-state index contributed by atoms with van der Waals surface area (Å²) in [6.45, 7) is 6.20. The number of aryl methyl sites for hydroxylation is 1. The fourth-order valence-corrected chi connectivity index (χ4v) is 3.36. The molecule has 2 fully saturated rings. The largest absolute Gasteiger partial charge is 0.376 e. The summed E-state index contributed by atoms with van der Waals surface area (Å²) in [6, 6.07) is 1.99. The molecular formula is C18H31IN4O3. The first kappa shape index (κ1) is 21.4. The van der Waals surface area contributed by atoms with Gasteiger partial charge in [0.1, 0.15) is 0 Å². The van der Waals surface area contributed by atoms with Crippen LogP contribution in [0.1, 0.15) is 44.1 Å². The number of piperidine rings is 1. The van der Waals surface area contributed by atoms with Gasteiger partial charge in [-0.05, 0) is 32.1 Å². The number of likely N-dealkylation sites (tertiary alicyclic amines) is 1. The van der Waals surface area contributed by atoms with Gasteiger partial charge in [0.05, 0.1) is 31.1 Å². The number of nitrogens with zero attached hydrogens (tertiary/aromatic N) is 3. The van der Waals surface area contributed by atoms with Crippen molar-refractivity contribution in [3.05, 3.63) is 17.5 Å². The predicted octanol–water partition coefficient (Wildman–Crippen LogP) is 2.59. The number of hydrogen-bond acceptors (Lipinski definition) is 5. The fourth-order valence-electron chi connectivity index (χ4n) is 3.36. The first-order valence-corrected chi connectivity index (χ1v) is 9.41. The second-order valence-electron chi connectivity index (χ2n) is 6.69. The van der Waals surface area contributed by atoms with E-state index in [9.17, 15) is 0 Å². The van der Waals surface area contributed by atoms with Crippen LogP contribution in [0.4, 0.5) is 0 Å². The van der Waals surface area contributed by atoms with E-state index >= 15 is 0 Å². The standard InChI is InChI=1S/C18H30N4O3.HI/c1-3-14-11-17(25-21-14)12-20-18(19-2)22-8-6-15(7-9-22)24-13-16-5-4-10-23-16;/h11,15-16H,3-10,12-13H2,1-2H3,(H,19,20);1H. The van der Waals surface area contributed by atoms with E-state index < -0.39 is 0 Å². The molecule has 148 valence electrons. The van der Waals surface area contributed by atoms with Gasteiger partial charge in [0, 0.05) is 32.8 Å². The molecule has 1 unspecified atom stereocenters. The highest BCUT2D eigenvalue weighted by atomic mass is 127. The Morgan fingerprint density at radius 3 is 2.81 bits per heavy atom. The zero-order valence-corrected chi connectivity index (χ0v) is 18.1. The van der Waals surface area contributed by atoms with Gasteiger partial charge in [0.25, 0.3) is 0 Å². The summed E-state index contributed by atoms with van der Waals surface area (Å²) in [5.41, 5.74) is 0.982. The number of aromatic nitrogens is 1. The Kier molecular flexibility index (Phi) is 9.13. The number of hydrogen-bond donors (Lipinski definition) is 1. The number of guanidine groups is 1. The van der Waals surface area contributed by atoms with Gasteiger partial charge in [-0.1, -0.05) is 12.1 Å². The molecule has 0 bridgehead atoms. The Labute approximate surface area is 172 Å². The molecule has 26 heavy (non-hydrogen) atoms. The summed E-state index contributed by atoms with van der Waals surface area (Å²) in [6.07, 6.45) is 5.88. The summed E-state index contributed by atoms with van der Waals surface area (Å²) in [4.78, 5) is 6.68. The monoisotopic (exact) mass is 478 g/mol. The molecule has 1 aromatic heterocycles. The minimum Gasteiger partial charge on any atom is -0.376 e. The number of ether oxygens (including phenoxy) is 2. The lowest BCUT2D eigenvalue weighted by Crippen LogP contribution is -2.47. The Bertz CT molecular complexity index is 552. The molecule has 1 N–H and O–H groups in total. The van der Waals surface area contributed by atoms with Gasteiger partial charge in [-0.15, -0.1) is 24.0 Å². The molecule has 3 heterocycles. The Morgan fingerprint density at radius 1 is 1.38 bits per heavy atom. The maximum absolute atomic E-state index is 6.04. The van der Waals surface area contributed by atoms with E-state index in [0.29, 0.717) is 18.8 Å². The molecule has 0 spiro atoms. The maximum Gasteiger partial charge on any atom is 0.194 e. The minimum atomic E-state index is 0. The second kappa shape index (κ2) is 11.1.